The van der Waals surface area contributed by atoms with Gasteiger partial charge in [0.2, 0.25) is 0 Å². The number of unbranched alkanes of at least 4 members (excludes halogenated alkanes) is 1. The zero-order chi connectivity index (χ0) is 12.8. The fourth-order valence-corrected chi connectivity index (χ4v) is 1.83. The number of hydrogen-bond acceptors (Lipinski definition) is 3. The van der Waals surface area contributed by atoms with Crippen LogP contribution in [0.3, 0.4) is 0 Å². The fraction of sp³-hybridized carbons (Fsp3) is 0.500. The molecule has 1 aromatic rings. The Balaban J connectivity index is 2.90. The van der Waals surface area contributed by atoms with E-state index in [9.17, 15) is 9.90 Å². The van der Waals surface area contributed by atoms with Crippen molar-refractivity contribution < 1.29 is 9.90 Å². The van der Waals surface area contributed by atoms with E-state index in [-0.39, 0.29) is 11.5 Å². The van der Waals surface area contributed by atoms with Crippen molar-refractivity contribution in [3.63, 3.8) is 0 Å². The number of ketones is 1. The third-order valence-electron chi connectivity index (χ3n) is 2.89. The smallest absolute Gasteiger partial charge is 0.163 e. The van der Waals surface area contributed by atoms with Crippen molar-refractivity contribution in [3.8, 4) is 5.75 Å². The molecule has 0 aliphatic heterocycles. The molecule has 0 unspecified atom stereocenters. The van der Waals surface area contributed by atoms with Gasteiger partial charge in [-0.15, -0.1) is 0 Å². The molecule has 3 heteroatoms. The molecular formula is C14H21NO2. The average molecular weight is 235 g/mol. The summed E-state index contributed by atoms with van der Waals surface area (Å²) >= 11 is 0. The summed E-state index contributed by atoms with van der Waals surface area (Å²) in [6, 6.07) is 5.27. The van der Waals surface area contributed by atoms with Gasteiger partial charge in [0.1, 0.15) is 5.75 Å². The van der Waals surface area contributed by atoms with Crippen molar-refractivity contribution in [2.75, 3.05) is 18.0 Å². The number of phenols is 1. The van der Waals surface area contributed by atoms with E-state index < -0.39 is 0 Å². The van der Waals surface area contributed by atoms with E-state index in [0.29, 0.717) is 5.56 Å². The molecule has 0 spiro atoms. The van der Waals surface area contributed by atoms with Gasteiger partial charge in [-0.2, -0.15) is 0 Å². The highest BCUT2D eigenvalue weighted by Crippen LogP contribution is 2.25. The third-order valence-corrected chi connectivity index (χ3v) is 2.89. The molecule has 0 amide bonds. The molecule has 1 aromatic carbocycles. The lowest BCUT2D eigenvalue weighted by Crippen LogP contribution is -2.23. The second kappa shape index (κ2) is 6.28. The van der Waals surface area contributed by atoms with Crippen LogP contribution in [0.15, 0.2) is 18.2 Å². The zero-order valence-electron chi connectivity index (χ0n) is 10.9. The first kappa shape index (κ1) is 13.6. The van der Waals surface area contributed by atoms with Crippen molar-refractivity contribution in [2.24, 2.45) is 0 Å². The van der Waals surface area contributed by atoms with Gasteiger partial charge in [-0.05, 0) is 32.4 Å². The first-order chi connectivity index (χ1) is 8.10. The highest BCUT2D eigenvalue weighted by atomic mass is 16.3. The predicted molar refractivity (Wildman–Crippen MR) is 70.9 cm³/mol. The Morgan fingerprint density at radius 2 is 2.06 bits per heavy atom. The number of benzene rings is 1. The standard InChI is InChI=1S/C14H21NO2/c1-4-6-9-15(5-2)12-7-8-13(11(3)16)14(17)10-12/h7-8,10,17H,4-6,9H2,1-3H3. The Kier molecular flexibility index (Phi) is 5.01. The van der Waals surface area contributed by atoms with Gasteiger partial charge in [-0.25, -0.2) is 0 Å². The van der Waals surface area contributed by atoms with Crippen molar-refractivity contribution in [1.29, 1.82) is 0 Å². The maximum absolute atomic E-state index is 11.2. The molecule has 0 saturated heterocycles. The molecule has 0 bridgehead atoms. The number of carbonyl (C=O) groups excluding carboxylic acids is 1. The Morgan fingerprint density at radius 1 is 1.35 bits per heavy atom. The highest BCUT2D eigenvalue weighted by molar-refractivity contribution is 5.97. The monoisotopic (exact) mass is 235 g/mol. The van der Waals surface area contributed by atoms with E-state index in [1.807, 2.05) is 6.07 Å². The second-order valence-electron chi connectivity index (χ2n) is 4.19. The zero-order valence-corrected chi connectivity index (χ0v) is 10.9. The lowest BCUT2D eigenvalue weighted by molar-refractivity contribution is 0.101. The molecule has 0 radical (unpaired) electrons. The lowest BCUT2D eigenvalue weighted by Gasteiger charge is -2.23. The minimum Gasteiger partial charge on any atom is -0.507 e. The van der Waals surface area contributed by atoms with Gasteiger partial charge >= 0.3 is 0 Å². The summed E-state index contributed by atoms with van der Waals surface area (Å²) in [6.45, 7) is 7.59. The van der Waals surface area contributed by atoms with Gasteiger partial charge in [0.25, 0.3) is 0 Å². The van der Waals surface area contributed by atoms with Crippen LogP contribution in [0.5, 0.6) is 5.75 Å². The van der Waals surface area contributed by atoms with E-state index in [0.717, 1.165) is 31.6 Å². The minimum absolute atomic E-state index is 0.0740. The number of aromatic hydroxyl groups is 1. The predicted octanol–water partition coefficient (Wildman–Crippen LogP) is 3.22. The maximum Gasteiger partial charge on any atom is 0.163 e. The van der Waals surface area contributed by atoms with Crippen molar-refractivity contribution >= 4 is 11.5 Å². The van der Waals surface area contributed by atoms with E-state index in [1.165, 1.54) is 6.92 Å². The average Bonchev–Trinajstić information content (AvgIpc) is 2.29. The molecule has 0 aliphatic carbocycles. The van der Waals surface area contributed by atoms with E-state index in [4.69, 9.17) is 0 Å². The molecule has 0 aliphatic rings. The van der Waals surface area contributed by atoms with Crippen molar-refractivity contribution in [2.45, 2.75) is 33.6 Å². The van der Waals surface area contributed by atoms with Crippen LogP contribution < -0.4 is 4.90 Å². The first-order valence-electron chi connectivity index (χ1n) is 6.19. The number of anilines is 1. The number of rotatable bonds is 6. The molecule has 1 N–H and O–H groups in total. The molecule has 0 heterocycles. The first-order valence-corrected chi connectivity index (χ1v) is 6.19. The van der Waals surface area contributed by atoms with Crippen LogP contribution in [0.4, 0.5) is 5.69 Å². The van der Waals surface area contributed by atoms with E-state index >= 15 is 0 Å². The molecule has 0 atom stereocenters. The van der Waals surface area contributed by atoms with Crippen LogP contribution >= 0.6 is 0 Å². The van der Waals surface area contributed by atoms with E-state index in [1.54, 1.807) is 12.1 Å². The van der Waals surface area contributed by atoms with Gasteiger partial charge in [-0.1, -0.05) is 13.3 Å². The molecule has 0 aromatic heterocycles. The summed E-state index contributed by atoms with van der Waals surface area (Å²) < 4.78 is 0. The van der Waals surface area contributed by atoms with Crippen LogP contribution in [0.1, 0.15) is 44.0 Å². The summed E-state index contributed by atoms with van der Waals surface area (Å²) in [5, 5.41) is 9.78. The Morgan fingerprint density at radius 3 is 2.53 bits per heavy atom. The van der Waals surface area contributed by atoms with Crippen molar-refractivity contribution in [1.82, 2.24) is 0 Å². The molecule has 3 nitrogen and oxygen atoms in total. The summed E-state index contributed by atoms with van der Waals surface area (Å²) in [6.07, 6.45) is 2.27. The Bertz CT molecular complexity index is 388. The quantitative estimate of drug-likeness (QED) is 0.770. The molecule has 94 valence electrons. The van der Waals surface area contributed by atoms with Crippen LogP contribution in [0.25, 0.3) is 0 Å². The topological polar surface area (TPSA) is 40.5 Å². The van der Waals surface area contributed by atoms with Crippen LogP contribution in [-0.2, 0) is 0 Å². The van der Waals surface area contributed by atoms with Gasteiger partial charge in [0.05, 0.1) is 5.56 Å². The van der Waals surface area contributed by atoms with Crippen LogP contribution in [0.2, 0.25) is 0 Å². The number of Topliss-reactive ketones (excluding diaryl/α,β-unsaturated/α-hetero) is 1. The van der Waals surface area contributed by atoms with E-state index in [2.05, 4.69) is 18.7 Å². The van der Waals surface area contributed by atoms with Gasteiger partial charge in [0, 0.05) is 24.8 Å². The highest BCUT2D eigenvalue weighted by Gasteiger charge is 2.10. The molecule has 0 fully saturated rings. The number of carbonyl (C=O) groups is 1. The molecular weight excluding hydrogens is 214 g/mol. The van der Waals surface area contributed by atoms with Gasteiger partial charge < -0.3 is 10.0 Å². The third kappa shape index (κ3) is 3.48. The summed E-state index contributed by atoms with van der Waals surface area (Å²) in [5.74, 6) is -0.0318. The van der Waals surface area contributed by atoms with Crippen LogP contribution in [-0.4, -0.2) is 24.0 Å². The largest absolute Gasteiger partial charge is 0.507 e. The number of nitrogens with zero attached hydrogens (tertiary/aromatic N) is 1. The van der Waals surface area contributed by atoms with Crippen LogP contribution in [0, 0.1) is 0 Å². The summed E-state index contributed by atoms with van der Waals surface area (Å²) in [7, 11) is 0. The molecule has 17 heavy (non-hydrogen) atoms. The minimum atomic E-state index is -0.106. The molecule has 1 rings (SSSR count). The second-order valence-corrected chi connectivity index (χ2v) is 4.19. The summed E-state index contributed by atoms with van der Waals surface area (Å²) in [4.78, 5) is 13.4. The van der Waals surface area contributed by atoms with Gasteiger partial charge in [0.15, 0.2) is 5.78 Å². The number of hydrogen-bond donors (Lipinski definition) is 1. The number of phenolic OH excluding ortho intramolecular Hbond substituents is 1. The lowest BCUT2D eigenvalue weighted by atomic mass is 10.1. The SMILES string of the molecule is CCCCN(CC)c1ccc(C(C)=O)c(O)c1. The van der Waals surface area contributed by atoms with Crippen molar-refractivity contribution in [3.05, 3.63) is 23.8 Å². The van der Waals surface area contributed by atoms with Gasteiger partial charge in [-0.3, -0.25) is 4.79 Å². The maximum atomic E-state index is 11.2. The molecule has 0 saturated carbocycles. The fourth-order valence-electron chi connectivity index (χ4n) is 1.83. The Labute approximate surface area is 103 Å². The normalized spacial score (nSPS) is 10.3. The Hall–Kier alpha value is -1.51. The summed E-state index contributed by atoms with van der Waals surface area (Å²) in [5.41, 5.74) is 1.36.